The SMILES string of the molecule is COc1ccc(COc2cc(F)cc(B(O)O)c2)cc1. The Kier molecular flexibility index (Phi) is 4.60. The van der Waals surface area contributed by atoms with Gasteiger partial charge in [0.05, 0.1) is 7.11 Å². The maximum absolute atomic E-state index is 13.3. The van der Waals surface area contributed by atoms with E-state index >= 15 is 0 Å². The Labute approximate surface area is 116 Å². The molecule has 0 spiro atoms. The maximum Gasteiger partial charge on any atom is 0.488 e. The van der Waals surface area contributed by atoms with Crippen LogP contribution >= 0.6 is 0 Å². The van der Waals surface area contributed by atoms with Gasteiger partial charge in [0, 0.05) is 6.07 Å². The smallest absolute Gasteiger partial charge is 0.488 e. The highest BCUT2D eigenvalue weighted by Crippen LogP contribution is 2.15. The first-order valence-corrected chi connectivity index (χ1v) is 6.01. The van der Waals surface area contributed by atoms with Gasteiger partial charge in [0.1, 0.15) is 23.9 Å². The number of halogens is 1. The van der Waals surface area contributed by atoms with Crippen molar-refractivity contribution in [2.24, 2.45) is 0 Å². The number of methoxy groups -OCH3 is 1. The molecule has 20 heavy (non-hydrogen) atoms. The minimum absolute atomic E-state index is 0.0507. The van der Waals surface area contributed by atoms with Crippen molar-refractivity contribution in [3.05, 3.63) is 53.8 Å². The molecule has 0 bridgehead atoms. The fourth-order valence-corrected chi connectivity index (χ4v) is 1.71. The van der Waals surface area contributed by atoms with Gasteiger partial charge in [0.15, 0.2) is 0 Å². The molecular formula is C14H14BFO4. The van der Waals surface area contributed by atoms with E-state index in [-0.39, 0.29) is 17.8 Å². The predicted molar refractivity (Wildman–Crippen MR) is 73.6 cm³/mol. The van der Waals surface area contributed by atoms with E-state index in [4.69, 9.17) is 19.5 Å². The molecule has 2 aromatic carbocycles. The highest BCUT2D eigenvalue weighted by molar-refractivity contribution is 6.58. The van der Waals surface area contributed by atoms with Crippen LogP contribution in [0.5, 0.6) is 11.5 Å². The monoisotopic (exact) mass is 276 g/mol. The number of ether oxygens (including phenoxy) is 2. The molecule has 6 heteroatoms. The van der Waals surface area contributed by atoms with Gasteiger partial charge in [-0.25, -0.2) is 4.39 Å². The van der Waals surface area contributed by atoms with Gasteiger partial charge in [-0.1, -0.05) is 12.1 Å². The van der Waals surface area contributed by atoms with Crippen LogP contribution in [0.2, 0.25) is 0 Å². The van der Waals surface area contributed by atoms with E-state index in [1.54, 1.807) is 19.2 Å². The quantitative estimate of drug-likeness (QED) is 0.803. The minimum Gasteiger partial charge on any atom is -0.497 e. The summed E-state index contributed by atoms with van der Waals surface area (Å²) >= 11 is 0. The second-order valence-corrected chi connectivity index (χ2v) is 4.23. The molecule has 0 saturated heterocycles. The van der Waals surface area contributed by atoms with Crippen molar-refractivity contribution in [3.63, 3.8) is 0 Å². The van der Waals surface area contributed by atoms with Crippen LogP contribution < -0.4 is 14.9 Å². The lowest BCUT2D eigenvalue weighted by atomic mass is 9.80. The molecule has 0 aliphatic carbocycles. The average Bonchev–Trinajstić information content (AvgIpc) is 2.45. The van der Waals surface area contributed by atoms with Gasteiger partial charge in [-0.3, -0.25) is 0 Å². The second-order valence-electron chi connectivity index (χ2n) is 4.23. The third kappa shape index (κ3) is 3.72. The molecule has 0 aromatic heterocycles. The first-order chi connectivity index (χ1) is 9.58. The lowest BCUT2D eigenvalue weighted by molar-refractivity contribution is 0.304. The maximum atomic E-state index is 13.3. The third-order valence-electron chi connectivity index (χ3n) is 2.76. The summed E-state index contributed by atoms with van der Waals surface area (Å²) in [5.41, 5.74) is 0.941. The molecule has 0 heterocycles. The van der Waals surface area contributed by atoms with Crippen LogP contribution in [0.3, 0.4) is 0 Å². The van der Waals surface area contributed by atoms with Crippen LogP contribution in [0.25, 0.3) is 0 Å². The van der Waals surface area contributed by atoms with E-state index in [0.29, 0.717) is 0 Å². The summed E-state index contributed by atoms with van der Waals surface area (Å²) in [6.07, 6.45) is 0. The number of rotatable bonds is 5. The molecule has 0 atom stereocenters. The van der Waals surface area contributed by atoms with Gasteiger partial charge in [-0.05, 0) is 35.3 Å². The fraction of sp³-hybridized carbons (Fsp3) is 0.143. The third-order valence-corrected chi connectivity index (χ3v) is 2.76. The lowest BCUT2D eigenvalue weighted by Gasteiger charge is -2.09. The van der Waals surface area contributed by atoms with E-state index < -0.39 is 12.9 Å². The van der Waals surface area contributed by atoms with Crippen LogP contribution in [0.4, 0.5) is 4.39 Å². The summed E-state index contributed by atoms with van der Waals surface area (Å²) in [6, 6.07) is 10.9. The van der Waals surface area contributed by atoms with Gasteiger partial charge < -0.3 is 19.5 Å². The normalized spacial score (nSPS) is 10.2. The topological polar surface area (TPSA) is 58.9 Å². The second kappa shape index (κ2) is 6.41. The Morgan fingerprint density at radius 2 is 1.75 bits per heavy atom. The first kappa shape index (κ1) is 14.4. The predicted octanol–water partition coefficient (Wildman–Crippen LogP) is 1.09. The first-order valence-electron chi connectivity index (χ1n) is 6.01. The molecular weight excluding hydrogens is 262 g/mol. The summed E-state index contributed by atoms with van der Waals surface area (Å²) < 4.78 is 23.8. The number of hydrogen-bond acceptors (Lipinski definition) is 4. The number of hydrogen-bond donors (Lipinski definition) is 2. The molecule has 0 aliphatic rings. The van der Waals surface area contributed by atoms with E-state index in [0.717, 1.165) is 17.4 Å². The van der Waals surface area contributed by atoms with Gasteiger partial charge in [0.2, 0.25) is 0 Å². The lowest BCUT2D eigenvalue weighted by Crippen LogP contribution is -2.30. The van der Waals surface area contributed by atoms with Crippen LogP contribution in [0, 0.1) is 5.82 Å². The van der Waals surface area contributed by atoms with Crippen molar-refractivity contribution < 1.29 is 23.9 Å². The van der Waals surface area contributed by atoms with E-state index in [2.05, 4.69) is 0 Å². The molecule has 104 valence electrons. The standard InChI is InChI=1S/C14H14BFO4/c1-19-13-4-2-10(3-5-13)9-20-14-7-11(15(17)18)6-12(16)8-14/h2-8,17-18H,9H2,1H3. The van der Waals surface area contributed by atoms with Crippen LogP contribution in [-0.2, 0) is 6.61 Å². The summed E-state index contributed by atoms with van der Waals surface area (Å²) in [5, 5.41) is 18.1. The van der Waals surface area contributed by atoms with Crippen molar-refractivity contribution >= 4 is 12.6 Å². The van der Waals surface area contributed by atoms with Gasteiger partial charge in [0.25, 0.3) is 0 Å². The molecule has 2 rings (SSSR count). The molecule has 0 radical (unpaired) electrons. The van der Waals surface area contributed by atoms with Crippen LogP contribution in [-0.4, -0.2) is 24.3 Å². The highest BCUT2D eigenvalue weighted by atomic mass is 19.1. The van der Waals surface area contributed by atoms with Crippen molar-refractivity contribution in [2.75, 3.05) is 7.11 Å². The summed E-state index contributed by atoms with van der Waals surface area (Å²) in [7, 11) is -0.144. The van der Waals surface area contributed by atoms with E-state index in [9.17, 15) is 4.39 Å². The Hall–Kier alpha value is -2.05. The number of benzene rings is 2. The van der Waals surface area contributed by atoms with E-state index in [1.807, 2.05) is 12.1 Å². The van der Waals surface area contributed by atoms with Crippen LogP contribution in [0.1, 0.15) is 5.56 Å². The van der Waals surface area contributed by atoms with Crippen molar-refractivity contribution in [2.45, 2.75) is 6.61 Å². The molecule has 2 aromatic rings. The largest absolute Gasteiger partial charge is 0.497 e. The summed E-state index contributed by atoms with van der Waals surface area (Å²) in [5.74, 6) is 0.398. The Morgan fingerprint density at radius 3 is 2.35 bits per heavy atom. The van der Waals surface area contributed by atoms with Gasteiger partial charge in [-0.2, -0.15) is 0 Å². The fourth-order valence-electron chi connectivity index (χ4n) is 1.71. The summed E-state index contributed by atoms with van der Waals surface area (Å²) in [6.45, 7) is 0.244. The molecule has 0 amide bonds. The van der Waals surface area contributed by atoms with Gasteiger partial charge in [-0.15, -0.1) is 0 Å². The summed E-state index contributed by atoms with van der Waals surface area (Å²) in [4.78, 5) is 0. The Balaban J connectivity index is 2.06. The molecule has 0 unspecified atom stereocenters. The van der Waals surface area contributed by atoms with Gasteiger partial charge >= 0.3 is 7.12 Å². The van der Waals surface area contributed by atoms with Crippen LogP contribution in [0.15, 0.2) is 42.5 Å². The Morgan fingerprint density at radius 1 is 1.05 bits per heavy atom. The molecule has 0 fully saturated rings. The zero-order valence-electron chi connectivity index (χ0n) is 10.9. The Bertz CT molecular complexity index is 572. The molecule has 4 nitrogen and oxygen atoms in total. The zero-order valence-corrected chi connectivity index (χ0v) is 10.9. The average molecular weight is 276 g/mol. The molecule has 0 saturated carbocycles. The highest BCUT2D eigenvalue weighted by Gasteiger charge is 2.13. The van der Waals surface area contributed by atoms with Crippen molar-refractivity contribution in [1.82, 2.24) is 0 Å². The van der Waals surface area contributed by atoms with Crippen molar-refractivity contribution in [1.29, 1.82) is 0 Å². The minimum atomic E-state index is -1.73. The zero-order chi connectivity index (χ0) is 14.5. The molecule has 0 aliphatic heterocycles. The van der Waals surface area contributed by atoms with E-state index in [1.165, 1.54) is 12.1 Å². The molecule has 2 N–H and O–H groups in total. The van der Waals surface area contributed by atoms with Crippen molar-refractivity contribution in [3.8, 4) is 11.5 Å².